The molecule has 1 aromatic heterocycles. The van der Waals surface area contributed by atoms with Crippen LogP contribution in [0, 0.1) is 6.92 Å². The molecule has 21 heavy (non-hydrogen) atoms. The largest absolute Gasteiger partial charge is 0.379 e. The average Bonchev–Trinajstić information content (AvgIpc) is 2.50. The van der Waals surface area contributed by atoms with Gasteiger partial charge in [0, 0.05) is 26.0 Å². The highest BCUT2D eigenvalue weighted by molar-refractivity contribution is 5.74. The molecule has 1 heterocycles. The summed E-state index contributed by atoms with van der Waals surface area (Å²) in [6.45, 7) is 2.66. The number of nitrogens with zero attached hydrogens (tertiary/aromatic N) is 1. The number of amides is 2. The summed E-state index contributed by atoms with van der Waals surface area (Å²) >= 11 is 0. The maximum atomic E-state index is 12.0. The van der Waals surface area contributed by atoms with Crippen LogP contribution in [0.5, 0.6) is 0 Å². The highest BCUT2D eigenvalue weighted by atomic mass is 16.5. The zero-order valence-corrected chi connectivity index (χ0v) is 12.9. The van der Waals surface area contributed by atoms with E-state index in [2.05, 4.69) is 15.6 Å². The van der Waals surface area contributed by atoms with E-state index in [1.54, 1.807) is 13.3 Å². The number of methoxy groups -OCH3 is 1. The SMILES string of the molecule is CO[C@H]1CCCC[C@@H]1NC(=O)NCCc1ccncc1C. The molecule has 0 radical (unpaired) electrons. The van der Waals surface area contributed by atoms with Crippen LogP contribution in [0.25, 0.3) is 0 Å². The fraction of sp³-hybridized carbons (Fsp3) is 0.625. The van der Waals surface area contributed by atoms with E-state index in [4.69, 9.17) is 4.74 Å². The quantitative estimate of drug-likeness (QED) is 0.874. The maximum Gasteiger partial charge on any atom is 0.315 e. The van der Waals surface area contributed by atoms with Crippen LogP contribution in [-0.2, 0) is 11.2 Å². The van der Waals surface area contributed by atoms with Crippen molar-refractivity contribution in [2.75, 3.05) is 13.7 Å². The molecule has 2 amide bonds. The molecule has 1 saturated carbocycles. The third-order valence-electron chi connectivity index (χ3n) is 4.14. The molecule has 0 aromatic carbocycles. The Kier molecular flexibility index (Phi) is 5.99. The Morgan fingerprint density at radius 1 is 1.43 bits per heavy atom. The fourth-order valence-electron chi connectivity index (χ4n) is 2.86. The summed E-state index contributed by atoms with van der Waals surface area (Å²) in [6, 6.07) is 2.03. The van der Waals surface area contributed by atoms with Gasteiger partial charge < -0.3 is 15.4 Å². The predicted octanol–water partition coefficient (Wildman–Crippen LogP) is 2.19. The van der Waals surface area contributed by atoms with Gasteiger partial charge in [-0.3, -0.25) is 4.98 Å². The van der Waals surface area contributed by atoms with Gasteiger partial charge in [-0.2, -0.15) is 0 Å². The summed E-state index contributed by atoms with van der Waals surface area (Å²) in [7, 11) is 1.72. The van der Waals surface area contributed by atoms with Gasteiger partial charge in [-0.05, 0) is 43.4 Å². The Hall–Kier alpha value is -1.62. The lowest BCUT2D eigenvalue weighted by Crippen LogP contribution is -2.49. The third-order valence-corrected chi connectivity index (χ3v) is 4.14. The number of hydrogen-bond donors (Lipinski definition) is 2. The van der Waals surface area contributed by atoms with E-state index in [1.807, 2.05) is 19.2 Å². The summed E-state index contributed by atoms with van der Waals surface area (Å²) in [5.74, 6) is 0. The molecule has 0 saturated heterocycles. The molecule has 2 N–H and O–H groups in total. The minimum atomic E-state index is -0.101. The van der Waals surface area contributed by atoms with Gasteiger partial charge >= 0.3 is 6.03 Å². The van der Waals surface area contributed by atoms with E-state index in [9.17, 15) is 4.79 Å². The van der Waals surface area contributed by atoms with Crippen molar-refractivity contribution in [3.8, 4) is 0 Å². The zero-order valence-electron chi connectivity index (χ0n) is 12.9. The van der Waals surface area contributed by atoms with Crippen molar-refractivity contribution in [3.63, 3.8) is 0 Å². The summed E-state index contributed by atoms with van der Waals surface area (Å²) < 4.78 is 5.44. The monoisotopic (exact) mass is 291 g/mol. The van der Waals surface area contributed by atoms with Crippen molar-refractivity contribution in [2.24, 2.45) is 0 Å². The zero-order chi connectivity index (χ0) is 15.1. The second-order valence-corrected chi connectivity index (χ2v) is 5.62. The van der Waals surface area contributed by atoms with E-state index in [0.29, 0.717) is 6.54 Å². The minimum Gasteiger partial charge on any atom is -0.379 e. The number of urea groups is 1. The first-order chi connectivity index (χ1) is 10.2. The molecule has 1 aliphatic carbocycles. The lowest BCUT2D eigenvalue weighted by atomic mass is 9.92. The van der Waals surface area contributed by atoms with Gasteiger partial charge in [-0.15, -0.1) is 0 Å². The topological polar surface area (TPSA) is 63.2 Å². The molecule has 2 atom stereocenters. The van der Waals surface area contributed by atoms with Crippen molar-refractivity contribution in [3.05, 3.63) is 29.6 Å². The van der Waals surface area contributed by atoms with E-state index < -0.39 is 0 Å². The number of rotatable bonds is 5. The van der Waals surface area contributed by atoms with Crippen LogP contribution in [0.3, 0.4) is 0 Å². The van der Waals surface area contributed by atoms with Crippen LogP contribution in [-0.4, -0.2) is 36.8 Å². The van der Waals surface area contributed by atoms with Gasteiger partial charge in [-0.25, -0.2) is 4.79 Å². The Morgan fingerprint density at radius 3 is 3.00 bits per heavy atom. The second kappa shape index (κ2) is 7.98. The van der Waals surface area contributed by atoms with Crippen molar-refractivity contribution in [2.45, 2.75) is 51.2 Å². The van der Waals surface area contributed by atoms with E-state index in [-0.39, 0.29) is 18.2 Å². The highest BCUT2D eigenvalue weighted by Crippen LogP contribution is 2.20. The van der Waals surface area contributed by atoms with Gasteiger partial charge in [-0.1, -0.05) is 12.8 Å². The fourth-order valence-corrected chi connectivity index (χ4v) is 2.86. The number of aryl methyl sites for hydroxylation is 1. The van der Waals surface area contributed by atoms with E-state index >= 15 is 0 Å². The Labute approximate surface area is 126 Å². The Morgan fingerprint density at radius 2 is 2.24 bits per heavy atom. The van der Waals surface area contributed by atoms with Crippen LogP contribution in [0.4, 0.5) is 4.79 Å². The lowest BCUT2D eigenvalue weighted by molar-refractivity contribution is 0.0452. The number of nitrogens with one attached hydrogen (secondary N) is 2. The van der Waals surface area contributed by atoms with Crippen LogP contribution >= 0.6 is 0 Å². The van der Waals surface area contributed by atoms with Gasteiger partial charge in [0.1, 0.15) is 0 Å². The summed E-state index contributed by atoms with van der Waals surface area (Å²) in [5, 5.41) is 5.96. The highest BCUT2D eigenvalue weighted by Gasteiger charge is 2.25. The van der Waals surface area contributed by atoms with Crippen LogP contribution in [0.2, 0.25) is 0 Å². The van der Waals surface area contributed by atoms with Gasteiger partial charge in [0.2, 0.25) is 0 Å². The molecule has 0 aliphatic heterocycles. The molecular formula is C16H25N3O2. The molecule has 116 valence electrons. The normalized spacial score (nSPS) is 21.8. The van der Waals surface area contributed by atoms with Crippen molar-refractivity contribution >= 4 is 6.03 Å². The van der Waals surface area contributed by atoms with Crippen molar-refractivity contribution < 1.29 is 9.53 Å². The first kappa shape index (κ1) is 15.8. The Bertz CT molecular complexity index is 465. The molecule has 0 bridgehead atoms. The van der Waals surface area contributed by atoms with E-state index in [0.717, 1.165) is 31.2 Å². The predicted molar refractivity (Wildman–Crippen MR) is 82.3 cm³/mol. The molecular weight excluding hydrogens is 266 g/mol. The number of carbonyl (C=O) groups excluding carboxylic acids is 1. The van der Waals surface area contributed by atoms with Gasteiger partial charge in [0.25, 0.3) is 0 Å². The summed E-state index contributed by atoms with van der Waals surface area (Å²) in [6.07, 6.45) is 8.95. The molecule has 1 fully saturated rings. The number of pyridine rings is 1. The minimum absolute atomic E-state index is 0.101. The molecule has 1 aliphatic rings. The second-order valence-electron chi connectivity index (χ2n) is 5.62. The number of ether oxygens (including phenoxy) is 1. The molecule has 0 spiro atoms. The van der Waals surface area contributed by atoms with Crippen molar-refractivity contribution in [1.29, 1.82) is 0 Å². The number of hydrogen-bond acceptors (Lipinski definition) is 3. The molecule has 5 heteroatoms. The first-order valence-electron chi connectivity index (χ1n) is 7.67. The molecule has 5 nitrogen and oxygen atoms in total. The lowest BCUT2D eigenvalue weighted by Gasteiger charge is -2.31. The number of aromatic nitrogens is 1. The summed E-state index contributed by atoms with van der Waals surface area (Å²) in [4.78, 5) is 16.0. The van der Waals surface area contributed by atoms with E-state index in [1.165, 1.54) is 12.0 Å². The van der Waals surface area contributed by atoms with Crippen LogP contribution < -0.4 is 10.6 Å². The standard InChI is InChI=1S/C16H25N3O2/c1-12-11-17-9-7-13(12)8-10-18-16(20)19-14-5-3-4-6-15(14)21-2/h7,9,11,14-15H,3-6,8,10H2,1-2H3,(H2,18,19,20)/t14-,15-/m0/s1. The van der Waals surface area contributed by atoms with Gasteiger partial charge in [0.05, 0.1) is 12.1 Å². The molecule has 2 rings (SSSR count). The smallest absolute Gasteiger partial charge is 0.315 e. The third kappa shape index (κ3) is 4.70. The first-order valence-corrected chi connectivity index (χ1v) is 7.67. The van der Waals surface area contributed by atoms with Gasteiger partial charge in [0.15, 0.2) is 0 Å². The maximum absolute atomic E-state index is 12.0. The number of carbonyl (C=O) groups is 1. The molecule has 1 aromatic rings. The van der Waals surface area contributed by atoms with Crippen LogP contribution in [0.1, 0.15) is 36.8 Å². The average molecular weight is 291 g/mol. The summed E-state index contributed by atoms with van der Waals surface area (Å²) in [5.41, 5.74) is 2.38. The Balaban J connectivity index is 1.73. The van der Waals surface area contributed by atoms with Crippen molar-refractivity contribution in [1.82, 2.24) is 15.6 Å². The molecule has 0 unspecified atom stereocenters. The van der Waals surface area contributed by atoms with Crippen LogP contribution in [0.15, 0.2) is 18.5 Å².